The van der Waals surface area contributed by atoms with Gasteiger partial charge in [-0.1, -0.05) is 0 Å². The number of hydrogen-bond acceptors (Lipinski definition) is 12. The van der Waals surface area contributed by atoms with Gasteiger partial charge in [-0.3, -0.25) is 29.0 Å². The third kappa shape index (κ3) is 8.02. The highest BCUT2D eigenvalue weighted by molar-refractivity contribution is 6.33. The van der Waals surface area contributed by atoms with E-state index in [2.05, 4.69) is 0 Å². The molecule has 240 valence electrons. The zero-order valence-corrected chi connectivity index (χ0v) is 24.5. The zero-order chi connectivity index (χ0) is 31.3. The lowest BCUT2D eigenvalue weighted by Gasteiger charge is -2.31. The maximum atomic E-state index is 13.3. The highest BCUT2D eigenvalue weighted by Crippen LogP contribution is 2.37. The van der Waals surface area contributed by atoms with Crippen molar-refractivity contribution >= 4 is 34.4 Å². The molecule has 0 unspecified atom stereocenters. The average Bonchev–Trinajstić information content (AvgIpc) is 3.03. The molecule has 2 aromatic rings. The van der Waals surface area contributed by atoms with Gasteiger partial charge in [0.05, 0.1) is 65.9 Å². The molecule has 2 aliphatic heterocycles. The minimum atomic E-state index is -0.528. The van der Waals surface area contributed by atoms with E-state index in [0.717, 1.165) is 9.80 Å². The van der Waals surface area contributed by atoms with Crippen molar-refractivity contribution in [2.75, 3.05) is 92.7 Å². The van der Waals surface area contributed by atoms with Crippen molar-refractivity contribution in [1.29, 1.82) is 0 Å². The van der Waals surface area contributed by atoms with Crippen molar-refractivity contribution in [3.05, 3.63) is 46.5 Å². The maximum absolute atomic E-state index is 13.3. The van der Waals surface area contributed by atoms with Crippen LogP contribution in [0.2, 0.25) is 0 Å². The van der Waals surface area contributed by atoms with E-state index < -0.39 is 23.6 Å². The quantitative estimate of drug-likeness (QED) is 0.108. The summed E-state index contributed by atoms with van der Waals surface area (Å²) in [7, 11) is 0. The summed E-state index contributed by atoms with van der Waals surface area (Å²) >= 11 is 0. The molecule has 0 bridgehead atoms. The number of amides is 4. The molecule has 0 radical (unpaired) electrons. The van der Waals surface area contributed by atoms with Gasteiger partial charge < -0.3 is 38.6 Å². The van der Waals surface area contributed by atoms with Crippen LogP contribution in [-0.4, -0.2) is 136 Å². The summed E-state index contributed by atoms with van der Waals surface area (Å²) in [4.78, 5) is 55.6. The topological polar surface area (TPSA) is 171 Å². The first-order chi connectivity index (χ1) is 21.5. The second kappa shape index (κ2) is 17.2. The first kappa shape index (κ1) is 33.6. The second-order valence-corrected chi connectivity index (χ2v) is 9.84. The highest BCUT2D eigenvalue weighted by Gasteiger charge is 2.39. The fourth-order valence-electron chi connectivity index (χ4n) is 4.82. The zero-order valence-electron chi connectivity index (χ0n) is 24.5. The number of benzene rings is 2. The van der Waals surface area contributed by atoms with Crippen molar-refractivity contribution in [2.45, 2.75) is 12.8 Å². The summed E-state index contributed by atoms with van der Waals surface area (Å²) in [5.41, 5.74) is 0.949. The number of carbonyl (C=O) groups excluding carboxylic acids is 4. The Balaban J connectivity index is 1.31. The van der Waals surface area contributed by atoms with Gasteiger partial charge in [-0.15, -0.1) is 0 Å². The Morgan fingerprint density at radius 2 is 0.773 bits per heavy atom. The average molecular weight is 619 g/mol. The molecule has 0 fully saturated rings. The van der Waals surface area contributed by atoms with Crippen LogP contribution in [-0.2, 0) is 28.4 Å². The lowest BCUT2D eigenvalue weighted by molar-refractivity contribution is -0.0718. The normalized spacial score (nSPS) is 14.4. The molecule has 14 heteroatoms. The van der Waals surface area contributed by atoms with Crippen LogP contribution >= 0.6 is 0 Å². The van der Waals surface area contributed by atoms with Crippen LogP contribution in [0.5, 0.6) is 0 Å². The fourth-order valence-corrected chi connectivity index (χ4v) is 4.82. The molecule has 0 saturated heterocycles. The molecular formula is C30H38N2O12. The molecule has 44 heavy (non-hydrogen) atoms. The lowest BCUT2D eigenvalue weighted by Crippen LogP contribution is -2.45. The van der Waals surface area contributed by atoms with Crippen molar-refractivity contribution in [2.24, 2.45) is 0 Å². The largest absolute Gasteiger partial charge is 0.396 e. The van der Waals surface area contributed by atoms with Gasteiger partial charge in [-0.05, 0) is 37.1 Å². The monoisotopic (exact) mass is 618 g/mol. The Hall–Kier alpha value is -3.34. The predicted octanol–water partition coefficient (Wildman–Crippen LogP) is 0.811. The van der Waals surface area contributed by atoms with Crippen molar-refractivity contribution in [1.82, 2.24) is 9.80 Å². The number of imide groups is 2. The van der Waals surface area contributed by atoms with E-state index >= 15 is 0 Å². The maximum Gasteiger partial charge on any atom is 0.261 e. The lowest BCUT2D eigenvalue weighted by atomic mass is 9.86. The molecule has 0 aromatic heterocycles. The second-order valence-electron chi connectivity index (χ2n) is 9.84. The number of nitrogens with zero attached hydrogens (tertiary/aromatic N) is 2. The van der Waals surface area contributed by atoms with Crippen LogP contribution in [0.3, 0.4) is 0 Å². The van der Waals surface area contributed by atoms with Gasteiger partial charge in [-0.2, -0.15) is 0 Å². The molecule has 2 N–H and O–H groups in total. The Morgan fingerprint density at radius 1 is 0.455 bits per heavy atom. The summed E-state index contributed by atoms with van der Waals surface area (Å²) in [6, 6.07) is 6.06. The van der Waals surface area contributed by atoms with Crippen LogP contribution in [0.4, 0.5) is 0 Å². The van der Waals surface area contributed by atoms with E-state index in [4.69, 9.17) is 38.6 Å². The number of hydrogen-bond donors (Lipinski definition) is 2. The van der Waals surface area contributed by atoms with Crippen molar-refractivity contribution < 1.29 is 57.8 Å². The molecule has 2 heterocycles. The van der Waals surface area contributed by atoms with Crippen LogP contribution in [0.1, 0.15) is 54.3 Å². The van der Waals surface area contributed by atoms with Gasteiger partial charge in [-0.25, -0.2) is 0 Å². The molecule has 0 atom stereocenters. The SMILES string of the molecule is O=C1c2ccc3c4c(ccc(c24)C(=O)N1CCOCCOCOCCCO)C(=O)N(CCOCCOCOCCCO)C3=O. The van der Waals surface area contributed by atoms with Gasteiger partial charge in [0.25, 0.3) is 23.6 Å². The van der Waals surface area contributed by atoms with E-state index in [1.54, 1.807) is 0 Å². The third-order valence-corrected chi connectivity index (χ3v) is 6.95. The van der Waals surface area contributed by atoms with Gasteiger partial charge >= 0.3 is 0 Å². The van der Waals surface area contributed by atoms with Crippen LogP contribution in [0.25, 0.3) is 10.8 Å². The Morgan fingerprint density at radius 3 is 1.11 bits per heavy atom. The minimum Gasteiger partial charge on any atom is -0.396 e. The standard InChI is InChI=1S/C30H38N2O12/c33-9-1-11-41-19-43-17-15-39-13-7-31-27(35)21-3-5-23-26-24(6-4-22(25(21)26)28(31)36)30(38)32(29(23)37)8-14-40-16-18-44-20-42-12-2-10-34/h3-6,33-34H,1-2,7-20H2. The number of rotatable bonds is 22. The molecule has 14 nitrogen and oxygen atoms in total. The summed E-state index contributed by atoms with van der Waals surface area (Å²) in [6.45, 7) is 2.25. The summed E-state index contributed by atoms with van der Waals surface area (Å²) in [5, 5.41) is 18.0. The van der Waals surface area contributed by atoms with E-state index in [0.29, 0.717) is 36.8 Å². The molecule has 2 aliphatic rings. The number of carbonyl (C=O) groups is 4. The Labute approximate surface area is 254 Å². The molecule has 2 aromatic carbocycles. The predicted molar refractivity (Wildman–Crippen MR) is 153 cm³/mol. The fraction of sp³-hybridized carbons (Fsp3) is 0.533. The first-order valence-electron chi connectivity index (χ1n) is 14.5. The van der Waals surface area contributed by atoms with E-state index in [1.807, 2.05) is 0 Å². The van der Waals surface area contributed by atoms with Crippen LogP contribution in [0.15, 0.2) is 24.3 Å². The van der Waals surface area contributed by atoms with Gasteiger partial charge in [0, 0.05) is 46.2 Å². The third-order valence-electron chi connectivity index (χ3n) is 6.95. The summed E-state index contributed by atoms with van der Waals surface area (Å²) < 4.78 is 31.9. The summed E-state index contributed by atoms with van der Waals surface area (Å²) in [6.07, 6.45) is 1.06. The van der Waals surface area contributed by atoms with Crippen LogP contribution < -0.4 is 0 Å². The summed E-state index contributed by atoms with van der Waals surface area (Å²) in [5.74, 6) is -2.11. The smallest absolute Gasteiger partial charge is 0.261 e. The molecule has 0 saturated carbocycles. The molecule has 4 rings (SSSR count). The molecule has 0 spiro atoms. The van der Waals surface area contributed by atoms with Gasteiger partial charge in [0.1, 0.15) is 13.6 Å². The Bertz CT molecular complexity index is 1150. The Kier molecular flexibility index (Phi) is 13.1. The minimum absolute atomic E-state index is 0.0164. The molecule has 4 amide bonds. The highest BCUT2D eigenvalue weighted by atomic mass is 16.7. The van der Waals surface area contributed by atoms with Crippen LogP contribution in [0, 0.1) is 0 Å². The first-order valence-corrected chi connectivity index (χ1v) is 14.5. The van der Waals surface area contributed by atoms with Gasteiger partial charge in [0.2, 0.25) is 0 Å². The van der Waals surface area contributed by atoms with E-state index in [-0.39, 0.29) is 102 Å². The van der Waals surface area contributed by atoms with E-state index in [1.165, 1.54) is 24.3 Å². The number of ether oxygens (including phenoxy) is 6. The molecule has 0 aliphatic carbocycles. The molecular weight excluding hydrogens is 580 g/mol. The van der Waals surface area contributed by atoms with Crippen molar-refractivity contribution in [3.8, 4) is 0 Å². The number of aliphatic hydroxyl groups excluding tert-OH is 2. The van der Waals surface area contributed by atoms with Gasteiger partial charge in [0.15, 0.2) is 0 Å². The van der Waals surface area contributed by atoms with E-state index in [9.17, 15) is 19.2 Å². The van der Waals surface area contributed by atoms with Crippen molar-refractivity contribution in [3.63, 3.8) is 0 Å². The number of aliphatic hydroxyl groups is 2.